The molecule has 3 heterocycles. The average Bonchev–Trinajstić information content (AvgIpc) is 3.09. The van der Waals surface area contributed by atoms with Gasteiger partial charge in [-0.05, 0) is 66.9 Å². The topological polar surface area (TPSA) is 71.2 Å². The summed E-state index contributed by atoms with van der Waals surface area (Å²) in [6.45, 7) is 4.89. The lowest BCUT2D eigenvalue weighted by atomic mass is 9.71. The Bertz CT molecular complexity index is 873. The Kier molecular flexibility index (Phi) is 6.54. The van der Waals surface area contributed by atoms with Gasteiger partial charge >= 0.3 is 0 Å². The molecule has 2 fully saturated rings. The Labute approximate surface area is 184 Å². The number of hydrogen-bond acceptors (Lipinski definition) is 4. The van der Waals surface area contributed by atoms with Crippen LogP contribution in [0.5, 0.6) is 0 Å². The lowest BCUT2D eigenvalue weighted by Crippen LogP contribution is -2.60. The van der Waals surface area contributed by atoms with Gasteiger partial charge in [0, 0.05) is 30.9 Å². The lowest BCUT2D eigenvalue weighted by Gasteiger charge is -2.55. The zero-order chi connectivity index (χ0) is 18.4. The maximum atomic E-state index is 11.2. The van der Waals surface area contributed by atoms with Crippen LogP contribution in [0.2, 0.25) is 0 Å². The number of carbonyl (C=O) groups excluding carboxylic acids is 1. The molecule has 7 heteroatoms. The van der Waals surface area contributed by atoms with Gasteiger partial charge in [-0.3, -0.25) is 14.7 Å². The fourth-order valence-corrected chi connectivity index (χ4v) is 5.17. The molecule has 1 aromatic heterocycles. The number of hydrogen-bond donors (Lipinski definition) is 2. The summed E-state index contributed by atoms with van der Waals surface area (Å²) in [6, 6.07) is 11.0. The van der Waals surface area contributed by atoms with E-state index in [0.717, 1.165) is 17.5 Å². The van der Waals surface area contributed by atoms with Gasteiger partial charge in [-0.15, -0.1) is 24.8 Å². The van der Waals surface area contributed by atoms with Gasteiger partial charge in [0.25, 0.3) is 5.91 Å². The van der Waals surface area contributed by atoms with Gasteiger partial charge in [-0.2, -0.15) is 0 Å². The number of carbonyl (C=O) groups is 1. The van der Waals surface area contributed by atoms with Crippen LogP contribution in [0.15, 0.2) is 36.5 Å². The standard InChI is InChI=1S/C22H26N4O.2ClH/c23-21(27)19-5-2-17(12-25-19)15-1-4-18-16(11-15)3-6-20(18)26-13-22(14-26)7-9-24-10-8-22;;/h1-2,4-5,11-12,20,24H,3,6-10,13-14H2,(H2,23,27);2*1H/t20-;;/m1../s1. The number of rotatable bonds is 3. The van der Waals surface area contributed by atoms with Crippen molar-refractivity contribution in [2.45, 2.75) is 31.7 Å². The molecule has 5 nitrogen and oxygen atoms in total. The number of amides is 1. The molecule has 156 valence electrons. The Morgan fingerprint density at radius 2 is 1.83 bits per heavy atom. The normalized spacial score (nSPS) is 22.1. The molecular weight excluding hydrogens is 407 g/mol. The smallest absolute Gasteiger partial charge is 0.267 e. The number of benzene rings is 1. The van der Waals surface area contributed by atoms with Crippen molar-refractivity contribution >= 4 is 30.7 Å². The van der Waals surface area contributed by atoms with E-state index in [1.807, 2.05) is 6.07 Å². The van der Waals surface area contributed by atoms with E-state index in [1.165, 1.54) is 56.6 Å². The molecule has 1 aliphatic carbocycles. The van der Waals surface area contributed by atoms with E-state index in [2.05, 4.69) is 33.4 Å². The quantitative estimate of drug-likeness (QED) is 0.776. The summed E-state index contributed by atoms with van der Waals surface area (Å²) < 4.78 is 0. The van der Waals surface area contributed by atoms with Crippen molar-refractivity contribution in [1.29, 1.82) is 0 Å². The molecule has 2 saturated heterocycles. The molecule has 2 aromatic rings. The Morgan fingerprint density at radius 1 is 1.10 bits per heavy atom. The second kappa shape index (κ2) is 8.60. The van der Waals surface area contributed by atoms with Crippen LogP contribution in [-0.4, -0.2) is 42.0 Å². The molecule has 3 N–H and O–H groups in total. The molecule has 1 amide bonds. The first-order valence-corrected chi connectivity index (χ1v) is 9.97. The van der Waals surface area contributed by atoms with E-state index in [4.69, 9.17) is 5.73 Å². The summed E-state index contributed by atoms with van der Waals surface area (Å²) in [5.41, 5.74) is 11.3. The molecular formula is C22H28Cl2N4O. The minimum Gasteiger partial charge on any atom is -0.364 e. The summed E-state index contributed by atoms with van der Waals surface area (Å²) in [5, 5.41) is 3.49. The van der Waals surface area contributed by atoms with Gasteiger partial charge in [-0.1, -0.05) is 24.3 Å². The third-order valence-electron chi connectivity index (χ3n) is 6.72. The van der Waals surface area contributed by atoms with Crippen molar-refractivity contribution in [3.05, 3.63) is 53.3 Å². The monoisotopic (exact) mass is 434 g/mol. The highest BCUT2D eigenvalue weighted by Crippen LogP contribution is 2.47. The second-order valence-corrected chi connectivity index (χ2v) is 8.42. The molecule has 1 spiro atoms. The first kappa shape index (κ1) is 22.0. The number of piperidine rings is 1. The summed E-state index contributed by atoms with van der Waals surface area (Å²) >= 11 is 0. The molecule has 0 saturated carbocycles. The number of nitrogens with zero attached hydrogens (tertiary/aromatic N) is 2. The molecule has 5 rings (SSSR count). The summed E-state index contributed by atoms with van der Waals surface area (Å²) in [6.07, 6.45) is 6.77. The van der Waals surface area contributed by atoms with Crippen LogP contribution in [-0.2, 0) is 6.42 Å². The zero-order valence-electron chi connectivity index (χ0n) is 16.4. The van der Waals surface area contributed by atoms with Crippen molar-refractivity contribution in [2.75, 3.05) is 26.2 Å². The maximum Gasteiger partial charge on any atom is 0.267 e. The number of aromatic nitrogens is 1. The van der Waals surface area contributed by atoms with Gasteiger partial charge in [0.2, 0.25) is 0 Å². The molecule has 0 bridgehead atoms. The van der Waals surface area contributed by atoms with E-state index < -0.39 is 5.91 Å². The maximum absolute atomic E-state index is 11.2. The van der Waals surface area contributed by atoms with Gasteiger partial charge in [0.05, 0.1) is 0 Å². The van der Waals surface area contributed by atoms with Gasteiger partial charge in [-0.25, -0.2) is 0 Å². The molecule has 29 heavy (non-hydrogen) atoms. The number of pyridine rings is 1. The number of nitrogens with two attached hydrogens (primary N) is 1. The largest absolute Gasteiger partial charge is 0.364 e. The number of halogens is 2. The van der Waals surface area contributed by atoms with Crippen LogP contribution in [0.3, 0.4) is 0 Å². The van der Waals surface area contributed by atoms with E-state index in [1.54, 1.807) is 12.3 Å². The molecule has 1 aromatic carbocycles. The number of fused-ring (bicyclic) bond motifs is 1. The van der Waals surface area contributed by atoms with Crippen molar-refractivity contribution in [1.82, 2.24) is 15.2 Å². The average molecular weight is 435 g/mol. The van der Waals surface area contributed by atoms with Crippen LogP contribution < -0.4 is 11.1 Å². The fourth-order valence-electron chi connectivity index (χ4n) is 5.17. The highest BCUT2D eigenvalue weighted by atomic mass is 35.5. The van der Waals surface area contributed by atoms with E-state index in [0.29, 0.717) is 17.2 Å². The SMILES string of the molecule is Cl.Cl.NC(=O)c1ccc(-c2ccc3c(c2)CC[C@H]3N2CC3(CCNCC3)C2)cn1. The number of primary amides is 1. The van der Waals surface area contributed by atoms with Crippen LogP contribution in [0.25, 0.3) is 11.1 Å². The lowest BCUT2D eigenvalue weighted by molar-refractivity contribution is -0.0512. The molecule has 3 aliphatic rings. The van der Waals surface area contributed by atoms with Crippen LogP contribution in [0.1, 0.15) is 46.9 Å². The third kappa shape index (κ3) is 4.02. The number of likely N-dealkylation sites (tertiary alicyclic amines) is 1. The number of aryl methyl sites for hydroxylation is 1. The van der Waals surface area contributed by atoms with Gasteiger partial charge in [0.1, 0.15) is 5.69 Å². The first-order valence-electron chi connectivity index (χ1n) is 9.97. The predicted molar refractivity (Wildman–Crippen MR) is 120 cm³/mol. The minimum absolute atomic E-state index is 0. The Morgan fingerprint density at radius 3 is 2.48 bits per heavy atom. The van der Waals surface area contributed by atoms with Gasteiger partial charge < -0.3 is 11.1 Å². The van der Waals surface area contributed by atoms with E-state index >= 15 is 0 Å². The van der Waals surface area contributed by atoms with Crippen LogP contribution in [0.4, 0.5) is 0 Å². The highest BCUT2D eigenvalue weighted by molar-refractivity contribution is 5.91. The highest BCUT2D eigenvalue weighted by Gasteiger charge is 2.46. The minimum atomic E-state index is -0.487. The van der Waals surface area contributed by atoms with Crippen molar-refractivity contribution in [2.24, 2.45) is 11.1 Å². The molecule has 2 aliphatic heterocycles. The summed E-state index contributed by atoms with van der Waals surface area (Å²) in [7, 11) is 0. The van der Waals surface area contributed by atoms with Crippen LogP contribution >= 0.6 is 24.8 Å². The summed E-state index contributed by atoms with van der Waals surface area (Å²) in [4.78, 5) is 18.1. The van der Waals surface area contributed by atoms with Gasteiger partial charge in [0.15, 0.2) is 0 Å². The third-order valence-corrected chi connectivity index (χ3v) is 6.72. The van der Waals surface area contributed by atoms with Crippen molar-refractivity contribution < 1.29 is 4.79 Å². The fraction of sp³-hybridized carbons (Fsp3) is 0.455. The predicted octanol–water partition coefficient (Wildman–Crippen LogP) is 3.36. The molecule has 0 unspecified atom stereocenters. The van der Waals surface area contributed by atoms with E-state index in [9.17, 15) is 4.79 Å². The summed E-state index contributed by atoms with van der Waals surface area (Å²) in [5.74, 6) is -0.487. The number of nitrogens with one attached hydrogen (secondary N) is 1. The van der Waals surface area contributed by atoms with Crippen molar-refractivity contribution in [3.63, 3.8) is 0 Å². The Hall–Kier alpha value is -1.66. The van der Waals surface area contributed by atoms with E-state index in [-0.39, 0.29) is 24.8 Å². The Balaban J connectivity index is 0.00000120. The zero-order valence-corrected chi connectivity index (χ0v) is 18.0. The van der Waals surface area contributed by atoms with Crippen LogP contribution in [0, 0.1) is 5.41 Å². The first-order chi connectivity index (χ1) is 13.1. The molecule has 0 radical (unpaired) electrons. The van der Waals surface area contributed by atoms with Crippen molar-refractivity contribution in [3.8, 4) is 11.1 Å². The molecule has 1 atom stereocenters. The second-order valence-electron chi connectivity index (χ2n) is 8.42.